The summed E-state index contributed by atoms with van der Waals surface area (Å²) in [6.07, 6.45) is 4.74. The third-order valence-electron chi connectivity index (χ3n) is 3.16. The number of fused-ring (bicyclic) bond motifs is 1. The molecule has 10 heteroatoms. The van der Waals surface area contributed by atoms with Crippen molar-refractivity contribution >= 4 is 34.2 Å². The lowest BCUT2D eigenvalue weighted by atomic mass is 10.2. The standard InChI is InChI=1S/C13H20N4O4S.ClH/c1-21-8-6-14-4-5-15-13(18)11-2-3-12-16-22(19,20)9-7-17(12)10-11;/h2-3,10,14H,4-9H2,1H3,(H,15,18);1H. The van der Waals surface area contributed by atoms with Gasteiger partial charge >= 0.3 is 0 Å². The molecule has 130 valence electrons. The van der Waals surface area contributed by atoms with Gasteiger partial charge in [0.15, 0.2) is 0 Å². The number of carbonyl (C=O) groups excluding carboxylic acids is 1. The summed E-state index contributed by atoms with van der Waals surface area (Å²) in [6.45, 7) is 2.82. The number of ether oxygens (including phenoxy) is 1. The Morgan fingerprint density at radius 1 is 1.35 bits per heavy atom. The molecule has 0 fully saturated rings. The maximum atomic E-state index is 12.0. The minimum Gasteiger partial charge on any atom is -0.383 e. The highest BCUT2D eigenvalue weighted by Gasteiger charge is 2.24. The molecule has 0 aromatic rings. The first kappa shape index (κ1) is 19.6. The molecular formula is C13H21ClN4O4S. The molecule has 2 rings (SSSR count). The lowest BCUT2D eigenvalue weighted by Crippen LogP contribution is -2.39. The van der Waals surface area contributed by atoms with E-state index in [4.69, 9.17) is 4.74 Å². The molecule has 2 aliphatic heterocycles. The second-order valence-electron chi connectivity index (χ2n) is 4.85. The van der Waals surface area contributed by atoms with Crippen molar-refractivity contribution in [2.45, 2.75) is 0 Å². The van der Waals surface area contributed by atoms with Crippen LogP contribution in [0.5, 0.6) is 0 Å². The highest BCUT2D eigenvalue weighted by Crippen LogP contribution is 2.15. The molecule has 1 amide bonds. The summed E-state index contributed by atoms with van der Waals surface area (Å²) in [4.78, 5) is 13.7. The van der Waals surface area contributed by atoms with Crippen molar-refractivity contribution in [3.8, 4) is 0 Å². The summed E-state index contributed by atoms with van der Waals surface area (Å²) in [5.41, 5.74) is 0.482. The van der Waals surface area contributed by atoms with Crippen LogP contribution in [0.15, 0.2) is 28.3 Å². The molecule has 0 spiro atoms. The van der Waals surface area contributed by atoms with E-state index >= 15 is 0 Å². The first-order chi connectivity index (χ1) is 10.5. The van der Waals surface area contributed by atoms with Crippen LogP contribution in [0.4, 0.5) is 0 Å². The van der Waals surface area contributed by atoms with Gasteiger partial charge in [-0.15, -0.1) is 16.8 Å². The van der Waals surface area contributed by atoms with E-state index in [9.17, 15) is 13.2 Å². The van der Waals surface area contributed by atoms with Crippen molar-refractivity contribution in [1.29, 1.82) is 0 Å². The Morgan fingerprint density at radius 3 is 2.87 bits per heavy atom. The molecule has 0 aromatic carbocycles. The van der Waals surface area contributed by atoms with E-state index in [2.05, 4.69) is 15.0 Å². The van der Waals surface area contributed by atoms with E-state index in [-0.39, 0.29) is 24.1 Å². The Balaban J connectivity index is 0.00000264. The zero-order chi connectivity index (χ0) is 16.0. The zero-order valence-electron chi connectivity index (χ0n) is 12.8. The highest BCUT2D eigenvalue weighted by atomic mass is 35.5. The maximum Gasteiger partial charge on any atom is 0.256 e. The van der Waals surface area contributed by atoms with Crippen LogP contribution in [0.3, 0.4) is 0 Å². The molecule has 0 unspecified atom stereocenters. The van der Waals surface area contributed by atoms with E-state index in [0.29, 0.717) is 37.6 Å². The molecule has 0 aliphatic carbocycles. The van der Waals surface area contributed by atoms with Gasteiger partial charge in [0.1, 0.15) is 5.84 Å². The molecule has 2 heterocycles. The number of amidine groups is 1. The monoisotopic (exact) mass is 364 g/mol. The van der Waals surface area contributed by atoms with Crippen LogP contribution in [0.2, 0.25) is 0 Å². The summed E-state index contributed by atoms with van der Waals surface area (Å²) >= 11 is 0. The highest BCUT2D eigenvalue weighted by molar-refractivity contribution is 7.90. The summed E-state index contributed by atoms with van der Waals surface area (Å²) in [5.74, 6) is 0.111. The first-order valence-corrected chi connectivity index (χ1v) is 8.60. The van der Waals surface area contributed by atoms with Gasteiger partial charge in [0.2, 0.25) is 0 Å². The van der Waals surface area contributed by atoms with E-state index in [0.717, 1.165) is 6.54 Å². The third-order valence-corrected chi connectivity index (χ3v) is 4.32. The molecule has 2 aliphatic rings. The van der Waals surface area contributed by atoms with Gasteiger partial charge in [0.25, 0.3) is 15.9 Å². The van der Waals surface area contributed by atoms with Gasteiger partial charge in [-0.1, -0.05) is 0 Å². The van der Waals surface area contributed by atoms with Gasteiger partial charge in [-0.05, 0) is 12.2 Å². The molecule has 0 atom stereocenters. The molecule has 0 radical (unpaired) electrons. The molecule has 0 aromatic heterocycles. The van der Waals surface area contributed by atoms with Crippen molar-refractivity contribution in [2.75, 3.05) is 45.6 Å². The fourth-order valence-electron chi connectivity index (χ4n) is 2.00. The van der Waals surface area contributed by atoms with E-state index in [1.807, 2.05) is 0 Å². The van der Waals surface area contributed by atoms with Gasteiger partial charge in [-0.25, -0.2) is 8.42 Å². The second-order valence-corrected chi connectivity index (χ2v) is 6.60. The summed E-state index contributed by atoms with van der Waals surface area (Å²) < 4.78 is 31.4. The van der Waals surface area contributed by atoms with E-state index < -0.39 is 10.0 Å². The zero-order valence-corrected chi connectivity index (χ0v) is 14.5. The predicted molar refractivity (Wildman–Crippen MR) is 90.2 cm³/mol. The Kier molecular flexibility index (Phi) is 7.69. The van der Waals surface area contributed by atoms with Gasteiger partial charge in [-0.2, -0.15) is 0 Å². The normalized spacial score (nSPS) is 18.4. The third kappa shape index (κ3) is 5.94. The largest absolute Gasteiger partial charge is 0.383 e. The van der Waals surface area contributed by atoms with Crippen molar-refractivity contribution < 1.29 is 17.9 Å². The van der Waals surface area contributed by atoms with Gasteiger partial charge in [0.05, 0.1) is 17.9 Å². The lowest BCUT2D eigenvalue weighted by Gasteiger charge is -2.26. The fraction of sp³-hybridized carbons (Fsp3) is 0.538. The molecular weight excluding hydrogens is 344 g/mol. The van der Waals surface area contributed by atoms with Crippen LogP contribution in [0, 0.1) is 0 Å². The lowest BCUT2D eigenvalue weighted by molar-refractivity contribution is -0.117. The Bertz CT molecular complexity index is 615. The number of amides is 1. The smallest absolute Gasteiger partial charge is 0.256 e. The van der Waals surface area contributed by atoms with Crippen LogP contribution in [-0.4, -0.2) is 70.7 Å². The van der Waals surface area contributed by atoms with Crippen LogP contribution in [0.1, 0.15) is 0 Å². The van der Waals surface area contributed by atoms with E-state index in [1.54, 1.807) is 30.4 Å². The van der Waals surface area contributed by atoms with Crippen LogP contribution in [-0.2, 0) is 19.6 Å². The van der Waals surface area contributed by atoms with E-state index in [1.165, 1.54) is 0 Å². The quantitative estimate of drug-likeness (QED) is 0.577. The summed E-state index contributed by atoms with van der Waals surface area (Å²) in [7, 11) is -1.74. The van der Waals surface area contributed by atoms with Gasteiger partial charge < -0.3 is 20.3 Å². The van der Waals surface area contributed by atoms with Crippen LogP contribution >= 0.6 is 12.4 Å². The predicted octanol–water partition coefficient (Wildman–Crippen LogP) is -0.742. The maximum absolute atomic E-state index is 12.0. The topological polar surface area (TPSA) is 100 Å². The summed E-state index contributed by atoms with van der Waals surface area (Å²) in [5, 5.41) is 5.92. The number of carbonyl (C=O) groups is 1. The average molecular weight is 365 g/mol. The molecule has 2 N–H and O–H groups in total. The van der Waals surface area contributed by atoms with Crippen molar-refractivity contribution in [1.82, 2.24) is 15.5 Å². The number of nitrogens with one attached hydrogen (secondary N) is 2. The number of sulfonamides is 1. The van der Waals surface area contributed by atoms with Crippen LogP contribution < -0.4 is 10.6 Å². The second kappa shape index (κ2) is 9.02. The number of methoxy groups -OCH3 is 1. The van der Waals surface area contributed by atoms with Crippen molar-refractivity contribution in [3.05, 3.63) is 23.9 Å². The summed E-state index contributed by atoms with van der Waals surface area (Å²) in [6, 6.07) is 0. The fourth-order valence-corrected chi connectivity index (χ4v) is 2.97. The molecule has 0 saturated heterocycles. The first-order valence-electron chi connectivity index (χ1n) is 6.99. The molecule has 0 bridgehead atoms. The Morgan fingerprint density at radius 2 is 2.13 bits per heavy atom. The minimum atomic E-state index is -3.37. The SMILES string of the molecule is COCCNCCNC(=O)C1=CN2CCS(=O)(=O)N=C2C=C1.Cl. The number of hydrogen-bond donors (Lipinski definition) is 2. The number of rotatable bonds is 7. The van der Waals surface area contributed by atoms with Crippen molar-refractivity contribution in [2.24, 2.45) is 4.40 Å². The number of hydrogen-bond acceptors (Lipinski definition) is 6. The van der Waals surface area contributed by atoms with Crippen LogP contribution in [0.25, 0.3) is 0 Å². The number of halogens is 1. The Labute approximate surface area is 142 Å². The molecule has 23 heavy (non-hydrogen) atoms. The number of nitrogens with zero attached hydrogens (tertiary/aromatic N) is 2. The molecule has 0 saturated carbocycles. The van der Waals surface area contributed by atoms with Gasteiger partial charge in [-0.3, -0.25) is 4.79 Å². The Hall–Kier alpha value is -1.42. The van der Waals surface area contributed by atoms with Crippen molar-refractivity contribution in [3.63, 3.8) is 0 Å². The average Bonchev–Trinajstić information content (AvgIpc) is 2.49. The minimum absolute atomic E-state index is 0. The molecule has 8 nitrogen and oxygen atoms in total. The van der Waals surface area contributed by atoms with Gasteiger partial charge in [0, 0.05) is 39.5 Å².